The van der Waals surface area contributed by atoms with Crippen molar-refractivity contribution in [3.8, 4) is 5.88 Å². The van der Waals surface area contributed by atoms with E-state index in [0.29, 0.717) is 23.3 Å². The number of rotatable bonds is 7. The number of nitrogens with one attached hydrogen (secondary N) is 1. The van der Waals surface area contributed by atoms with Crippen LogP contribution in [-0.2, 0) is 4.74 Å². The van der Waals surface area contributed by atoms with Crippen molar-refractivity contribution in [3.63, 3.8) is 0 Å². The van der Waals surface area contributed by atoms with Crippen LogP contribution in [0.1, 0.15) is 32.2 Å². The van der Waals surface area contributed by atoms with Crippen molar-refractivity contribution < 1.29 is 24.3 Å². The van der Waals surface area contributed by atoms with Gasteiger partial charge in [0.25, 0.3) is 0 Å². The molecular weight excluding hydrogens is 435 g/mol. The highest BCUT2D eigenvalue weighted by Gasteiger charge is 2.31. The van der Waals surface area contributed by atoms with Gasteiger partial charge in [-0.1, -0.05) is 0 Å². The van der Waals surface area contributed by atoms with Gasteiger partial charge in [0.05, 0.1) is 17.6 Å². The van der Waals surface area contributed by atoms with Crippen molar-refractivity contribution in [3.05, 3.63) is 13.8 Å². The zero-order valence-electron chi connectivity index (χ0n) is 13.1. The van der Waals surface area contributed by atoms with Gasteiger partial charge in [0.1, 0.15) is 0 Å². The van der Waals surface area contributed by atoms with Crippen LogP contribution in [0.15, 0.2) is 0 Å². The summed E-state index contributed by atoms with van der Waals surface area (Å²) in [5, 5.41) is 26.5. The predicted molar refractivity (Wildman–Crippen MR) is 91.4 cm³/mol. The summed E-state index contributed by atoms with van der Waals surface area (Å²) < 4.78 is 12.8. The van der Waals surface area contributed by atoms with Gasteiger partial charge in [-0.3, -0.25) is 10.1 Å². The number of carbonyl (C=O) groups is 1. The van der Waals surface area contributed by atoms with Crippen molar-refractivity contribution in [2.45, 2.75) is 38.3 Å². The third-order valence-corrected chi connectivity index (χ3v) is 4.68. The van der Waals surface area contributed by atoms with Crippen molar-refractivity contribution in [1.82, 2.24) is 15.1 Å². The first kappa shape index (κ1) is 18.7. The Kier molecular flexibility index (Phi) is 6.60. The topological polar surface area (TPSA) is 129 Å². The zero-order chi connectivity index (χ0) is 17.7. The van der Waals surface area contributed by atoms with E-state index in [0.717, 1.165) is 12.8 Å². The van der Waals surface area contributed by atoms with Crippen LogP contribution < -0.4 is 10.1 Å². The molecule has 0 aliphatic carbocycles. The largest absolute Gasteiger partial charge is 0.472 e. The molecule has 2 heterocycles. The van der Waals surface area contributed by atoms with Gasteiger partial charge in [0.2, 0.25) is 0 Å². The highest BCUT2D eigenvalue weighted by atomic mass is 127. The highest BCUT2D eigenvalue weighted by molar-refractivity contribution is 14.1. The molecule has 0 aromatic carbocycles. The van der Waals surface area contributed by atoms with Gasteiger partial charge < -0.3 is 19.9 Å². The highest BCUT2D eigenvalue weighted by Crippen LogP contribution is 2.35. The summed E-state index contributed by atoms with van der Waals surface area (Å²) in [6.45, 7) is 3.02. The Morgan fingerprint density at radius 2 is 2.29 bits per heavy atom. The molecule has 11 heteroatoms. The second-order valence-corrected chi connectivity index (χ2v) is 6.50. The average Bonchev–Trinajstić information content (AvgIpc) is 2.84. The summed E-state index contributed by atoms with van der Waals surface area (Å²) in [5.74, 6) is -0.0292. The van der Waals surface area contributed by atoms with Gasteiger partial charge in [-0.15, -0.1) is 5.10 Å². The molecule has 0 radical (unpaired) electrons. The van der Waals surface area contributed by atoms with Gasteiger partial charge in [-0.2, -0.15) is 0 Å². The maximum Gasteiger partial charge on any atom is 0.404 e. The van der Waals surface area contributed by atoms with Crippen LogP contribution in [0, 0.1) is 13.8 Å². The van der Waals surface area contributed by atoms with E-state index in [2.05, 4.69) is 10.4 Å². The third-order valence-electron chi connectivity index (χ3n) is 3.68. The molecule has 10 nitrogen and oxygen atoms in total. The smallest absolute Gasteiger partial charge is 0.404 e. The minimum atomic E-state index is -1.12. The van der Waals surface area contributed by atoms with E-state index in [1.807, 2.05) is 22.6 Å². The van der Waals surface area contributed by atoms with Crippen molar-refractivity contribution >= 4 is 34.4 Å². The first-order valence-electron chi connectivity index (χ1n) is 7.52. The van der Waals surface area contributed by atoms with Crippen LogP contribution in [0.2, 0.25) is 0 Å². The second kappa shape index (κ2) is 8.46. The number of nitrogens with zero attached hydrogens (tertiary/aromatic N) is 3. The molecular formula is C13H19IN4O6. The Hall–Kier alpha value is -1.63. The lowest BCUT2D eigenvalue weighted by Gasteiger charge is -2.22. The normalized spacial score (nSPS) is 16.6. The minimum absolute atomic E-state index is 0.0292. The molecule has 1 aromatic heterocycles. The number of halogens is 1. The van der Waals surface area contributed by atoms with Crippen molar-refractivity contribution in [2.75, 3.05) is 19.8 Å². The molecule has 1 aromatic rings. The second-order valence-electron chi connectivity index (χ2n) is 5.48. The van der Waals surface area contributed by atoms with E-state index in [4.69, 9.17) is 14.6 Å². The predicted octanol–water partition coefficient (Wildman–Crippen LogP) is 2.17. The van der Waals surface area contributed by atoms with Crippen LogP contribution in [-0.4, -0.2) is 51.8 Å². The van der Waals surface area contributed by atoms with Crippen LogP contribution in [0.5, 0.6) is 5.88 Å². The van der Waals surface area contributed by atoms with Gasteiger partial charge in [-0.05, 0) is 42.4 Å². The monoisotopic (exact) mass is 454 g/mol. The quantitative estimate of drug-likeness (QED) is 0.367. The summed E-state index contributed by atoms with van der Waals surface area (Å²) >= 11 is 1.91. The summed E-state index contributed by atoms with van der Waals surface area (Å²) in [5.41, 5.74) is -0.152. The molecule has 0 spiro atoms. The zero-order valence-corrected chi connectivity index (χ0v) is 15.3. The lowest BCUT2D eigenvalue weighted by atomic mass is 10.1. The number of hydrogen-bond donors (Lipinski definition) is 2. The molecule has 1 unspecified atom stereocenters. The SMILES string of the molecule is CC(CCOc1nn(C2CCOCC2)c(I)c1[N+](=O)[O-])NC(=O)O. The standard InChI is InChI=1S/C13H19IN4O6/c1-8(15-13(19)20)2-7-24-12-10(18(21)22)11(14)17(16-12)9-3-5-23-6-4-9/h8-9,15H,2-7H2,1H3,(H,19,20). The minimum Gasteiger partial charge on any atom is -0.472 e. The van der Waals surface area contributed by atoms with E-state index in [-0.39, 0.29) is 30.3 Å². The lowest BCUT2D eigenvalue weighted by Crippen LogP contribution is -2.32. The van der Waals surface area contributed by atoms with Gasteiger partial charge in [0, 0.05) is 25.7 Å². The van der Waals surface area contributed by atoms with Gasteiger partial charge >= 0.3 is 17.7 Å². The van der Waals surface area contributed by atoms with E-state index >= 15 is 0 Å². The van der Waals surface area contributed by atoms with Crippen LogP contribution in [0.4, 0.5) is 10.5 Å². The van der Waals surface area contributed by atoms with Crippen molar-refractivity contribution in [1.29, 1.82) is 0 Å². The Balaban J connectivity index is 2.07. The fourth-order valence-corrected chi connectivity index (χ4v) is 3.35. The molecule has 0 saturated carbocycles. The summed E-state index contributed by atoms with van der Waals surface area (Å²) in [4.78, 5) is 21.4. The van der Waals surface area contributed by atoms with E-state index in [9.17, 15) is 14.9 Å². The summed E-state index contributed by atoms with van der Waals surface area (Å²) in [7, 11) is 0. The molecule has 2 rings (SSSR count). The van der Waals surface area contributed by atoms with E-state index in [1.165, 1.54) is 0 Å². The summed E-state index contributed by atoms with van der Waals surface area (Å²) in [6.07, 6.45) is 0.748. The first-order chi connectivity index (χ1) is 11.4. The van der Waals surface area contributed by atoms with Crippen molar-refractivity contribution in [2.24, 2.45) is 0 Å². The number of carboxylic acid groups (broad SMARTS) is 1. The average molecular weight is 454 g/mol. The van der Waals surface area contributed by atoms with Gasteiger partial charge in [0.15, 0.2) is 3.70 Å². The molecule has 24 heavy (non-hydrogen) atoms. The Morgan fingerprint density at radius 1 is 1.62 bits per heavy atom. The number of ether oxygens (including phenoxy) is 2. The molecule has 2 N–H and O–H groups in total. The molecule has 1 saturated heterocycles. The van der Waals surface area contributed by atoms with Crippen LogP contribution in [0.3, 0.4) is 0 Å². The molecule has 1 atom stereocenters. The maximum absolute atomic E-state index is 11.3. The number of amides is 1. The lowest BCUT2D eigenvalue weighted by molar-refractivity contribution is -0.387. The maximum atomic E-state index is 11.3. The van der Waals surface area contributed by atoms with Gasteiger partial charge in [-0.25, -0.2) is 9.48 Å². The molecule has 134 valence electrons. The molecule has 1 fully saturated rings. The summed E-state index contributed by atoms with van der Waals surface area (Å²) in [6, 6.07) is -0.271. The Bertz CT molecular complexity index is 602. The van der Waals surface area contributed by atoms with E-state index in [1.54, 1.807) is 11.6 Å². The third kappa shape index (κ3) is 4.69. The fraction of sp³-hybridized carbons (Fsp3) is 0.692. The Morgan fingerprint density at radius 3 is 2.88 bits per heavy atom. The first-order valence-corrected chi connectivity index (χ1v) is 8.60. The molecule has 0 bridgehead atoms. The van der Waals surface area contributed by atoms with Crippen LogP contribution in [0.25, 0.3) is 0 Å². The fourth-order valence-electron chi connectivity index (χ4n) is 2.42. The molecule has 1 aliphatic heterocycles. The number of hydrogen-bond acceptors (Lipinski definition) is 6. The van der Waals surface area contributed by atoms with E-state index < -0.39 is 11.0 Å². The Labute approximate surface area is 151 Å². The molecule has 1 aliphatic rings. The number of aromatic nitrogens is 2. The van der Waals surface area contributed by atoms with Crippen LogP contribution >= 0.6 is 22.6 Å². The molecule has 1 amide bonds. The number of nitro groups is 1.